The highest BCUT2D eigenvalue weighted by molar-refractivity contribution is 5.11. The van der Waals surface area contributed by atoms with Crippen molar-refractivity contribution in [1.82, 2.24) is 15.5 Å². The van der Waals surface area contributed by atoms with Crippen molar-refractivity contribution in [2.24, 2.45) is 0 Å². The number of aryl methyl sites for hydroxylation is 1. The number of hydrogen-bond acceptors (Lipinski definition) is 3. The van der Waals surface area contributed by atoms with Gasteiger partial charge < -0.3 is 5.32 Å². The molecule has 0 saturated carbocycles. The predicted octanol–water partition coefficient (Wildman–Crippen LogP) is 2.28. The van der Waals surface area contributed by atoms with E-state index in [1.807, 2.05) is 13.0 Å². The number of nitrogens with zero attached hydrogens (tertiary/aromatic N) is 2. The van der Waals surface area contributed by atoms with Gasteiger partial charge in [0.15, 0.2) is 0 Å². The lowest BCUT2D eigenvalue weighted by Gasteiger charge is -2.20. The summed E-state index contributed by atoms with van der Waals surface area (Å²) in [6, 6.07) is 4.53. The lowest BCUT2D eigenvalue weighted by atomic mass is 9.99. The van der Waals surface area contributed by atoms with Crippen LogP contribution in [0.3, 0.4) is 0 Å². The van der Waals surface area contributed by atoms with Gasteiger partial charge in [-0.05, 0) is 38.9 Å². The molecule has 1 heterocycles. The minimum absolute atomic E-state index is 0.407. The van der Waals surface area contributed by atoms with E-state index in [2.05, 4.69) is 42.4 Å². The smallest absolute Gasteiger partial charge is 0.0674 e. The molecule has 2 atom stereocenters. The normalized spacial score (nSPS) is 14.9. The highest BCUT2D eigenvalue weighted by atomic mass is 15.1. The predicted molar refractivity (Wildman–Crippen MR) is 62.9 cm³/mol. The summed E-state index contributed by atoms with van der Waals surface area (Å²) in [4.78, 5) is 0. The molecule has 1 N–H and O–H groups in total. The molecule has 0 saturated heterocycles. The number of nitrogens with one attached hydrogen (secondary N) is 1. The van der Waals surface area contributed by atoms with E-state index in [1.54, 1.807) is 0 Å². The van der Waals surface area contributed by atoms with E-state index in [1.165, 1.54) is 0 Å². The fourth-order valence-electron chi connectivity index (χ4n) is 1.46. The summed E-state index contributed by atoms with van der Waals surface area (Å²) in [6.45, 7) is 9.58. The minimum Gasteiger partial charge on any atom is -0.314 e. The van der Waals surface area contributed by atoms with Crippen LogP contribution in [0.15, 0.2) is 12.1 Å². The van der Waals surface area contributed by atoms with Crippen molar-refractivity contribution in [2.75, 3.05) is 6.54 Å². The molecule has 0 spiro atoms. The summed E-state index contributed by atoms with van der Waals surface area (Å²) in [5.41, 5.74) is 2.04. The molecule has 1 aromatic heterocycles. The van der Waals surface area contributed by atoms with Gasteiger partial charge in [0, 0.05) is 12.0 Å². The molecule has 0 aliphatic heterocycles. The first-order valence-electron chi connectivity index (χ1n) is 5.68. The molecule has 0 fully saturated rings. The maximum Gasteiger partial charge on any atom is 0.0674 e. The fourth-order valence-corrected chi connectivity index (χ4v) is 1.46. The van der Waals surface area contributed by atoms with Crippen LogP contribution in [-0.4, -0.2) is 22.8 Å². The largest absolute Gasteiger partial charge is 0.314 e. The van der Waals surface area contributed by atoms with Crippen LogP contribution in [-0.2, 0) is 0 Å². The molecule has 0 aliphatic carbocycles. The van der Waals surface area contributed by atoms with Gasteiger partial charge in [-0.1, -0.05) is 13.8 Å². The molecule has 0 bridgehead atoms. The average Bonchev–Trinajstić information content (AvgIpc) is 2.26. The molecule has 15 heavy (non-hydrogen) atoms. The maximum absolute atomic E-state index is 4.22. The summed E-state index contributed by atoms with van der Waals surface area (Å²) in [7, 11) is 0. The van der Waals surface area contributed by atoms with Gasteiger partial charge >= 0.3 is 0 Å². The maximum atomic E-state index is 4.22. The van der Waals surface area contributed by atoms with Crippen molar-refractivity contribution in [3.63, 3.8) is 0 Å². The van der Waals surface area contributed by atoms with Crippen molar-refractivity contribution in [1.29, 1.82) is 0 Å². The van der Waals surface area contributed by atoms with Crippen LogP contribution in [0.1, 0.15) is 44.5 Å². The van der Waals surface area contributed by atoms with E-state index >= 15 is 0 Å². The van der Waals surface area contributed by atoms with E-state index in [0.717, 1.165) is 24.4 Å². The molecule has 0 aliphatic rings. The summed E-state index contributed by atoms with van der Waals surface area (Å²) in [6.07, 6.45) is 1.16. The van der Waals surface area contributed by atoms with Gasteiger partial charge in [-0.3, -0.25) is 0 Å². The lowest BCUT2D eigenvalue weighted by molar-refractivity contribution is 0.471. The Kier molecular flexibility index (Phi) is 4.69. The third kappa shape index (κ3) is 3.59. The van der Waals surface area contributed by atoms with E-state index < -0.39 is 0 Å². The van der Waals surface area contributed by atoms with Crippen LogP contribution in [0.2, 0.25) is 0 Å². The van der Waals surface area contributed by atoms with Gasteiger partial charge in [-0.2, -0.15) is 10.2 Å². The molecule has 1 rings (SSSR count). The van der Waals surface area contributed by atoms with Crippen molar-refractivity contribution in [2.45, 2.75) is 46.1 Å². The van der Waals surface area contributed by atoms with Gasteiger partial charge in [-0.15, -0.1) is 0 Å². The molecular weight excluding hydrogens is 186 g/mol. The molecule has 0 aromatic carbocycles. The second-order valence-corrected chi connectivity index (χ2v) is 4.13. The van der Waals surface area contributed by atoms with Gasteiger partial charge in [0.1, 0.15) is 0 Å². The first-order chi connectivity index (χ1) is 7.15. The SMILES string of the molecule is CCCNC(C)C(C)c1ccc(C)nn1. The standard InChI is InChI=1S/C12H21N3/c1-5-8-13-11(4)10(3)12-7-6-9(2)14-15-12/h6-7,10-11,13H,5,8H2,1-4H3. The Morgan fingerprint density at radius 1 is 1.27 bits per heavy atom. The Bertz CT molecular complexity index is 281. The van der Waals surface area contributed by atoms with Crippen LogP contribution in [0, 0.1) is 6.92 Å². The van der Waals surface area contributed by atoms with Crippen molar-refractivity contribution >= 4 is 0 Å². The molecule has 2 unspecified atom stereocenters. The molecule has 84 valence electrons. The van der Waals surface area contributed by atoms with E-state index in [-0.39, 0.29) is 0 Å². The van der Waals surface area contributed by atoms with E-state index in [9.17, 15) is 0 Å². The van der Waals surface area contributed by atoms with Gasteiger partial charge in [0.25, 0.3) is 0 Å². The van der Waals surface area contributed by atoms with Crippen LogP contribution in [0.4, 0.5) is 0 Å². The van der Waals surface area contributed by atoms with Crippen LogP contribution in [0.5, 0.6) is 0 Å². The molecular formula is C12H21N3. The zero-order valence-corrected chi connectivity index (χ0v) is 10.1. The Morgan fingerprint density at radius 2 is 2.00 bits per heavy atom. The summed E-state index contributed by atoms with van der Waals surface area (Å²) >= 11 is 0. The van der Waals surface area contributed by atoms with Crippen molar-refractivity contribution in [3.05, 3.63) is 23.5 Å². The first kappa shape index (κ1) is 12.1. The molecule has 0 radical (unpaired) electrons. The number of hydrogen-bond donors (Lipinski definition) is 1. The van der Waals surface area contributed by atoms with Crippen LogP contribution < -0.4 is 5.32 Å². The Labute approximate surface area is 92.3 Å². The Morgan fingerprint density at radius 3 is 2.53 bits per heavy atom. The Balaban J connectivity index is 2.59. The third-order valence-corrected chi connectivity index (χ3v) is 2.75. The monoisotopic (exact) mass is 207 g/mol. The van der Waals surface area contributed by atoms with Gasteiger partial charge in [0.2, 0.25) is 0 Å². The fraction of sp³-hybridized carbons (Fsp3) is 0.667. The van der Waals surface area contributed by atoms with Gasteiger partial charge in [-0.25, -0.2) is 0 Å². The quantitative estimate of drug-likeness (QED) is 0.805. The summed E-state index contributed by atoms with van der Waals surface area (Å²) < 4.78 is 0. The zero-order chi connectivity index (χ0) is 11.3. The molecule has 3 heteroatoms. The zero-order valence-electron chi connectivity index (χ0n) is 10.1. The molecule has 1 aromatic rings. The minimum atomic E-state index is 0.407. The number of rotatable bonds is 5. The summed E-state index contributed by atoms with van der Waals surface area (Å²) in [5, 5.41) is 11.8. The highest BCUT2D eigenvalue weighted by Crippen LogP contribution is 2.15. The first-order valence-corrected chi connectivity index (χ1v) is 5.68. The Hall–Kier alpha value is -0.960. The second kappa shape index (κ2) is 5.81. The second-order valence-electron chi connectivity index (χ2n) is 4.13. The van der Waals surface area contributed by atoms with E-state index in [4.69, 9.17) is 0 Å². The highest BCUT2D eigenvalue weighted by Gasteiger charge is 2.14. The van der Waals surface area contributed by atoms with Crippen molar-refractivity contribution < 1.29 is 0 Å². The van der Waals surface area contributed by atoms with Crippen molar-refractivity contribution in [3.8, 4) is 0 Å². The van der Waals surface area contributed by atoms with Crippen LogP contribution in [0.25, 0.3) is 0 Å². The molecule has 0 amide bonds. The topological polar surface area (TPSA) is 37.8 Å². The molecule has 3 nitrogen and oxygen atoms in total. The van der Waals surface area contributed by atoms with E-state index in [0.29, 0.717) is 12.0 Å². The summed E-state index contributed by atoms with van der Waals surface area (Å²) in [5.74, 6) is 0.407. The average molecular weight is 207 g/mol. The third-order valence-electron chi connectivity index (χ3n) is 2.75. The van der Waals surface area contributed by atoms with Crippen LogP contribution >= 0.6 is 0 Å². The van der Waals surface area contributed by atoms with Gasteiger partial charge in [0.05, 0.1) is 11.4 Å². The lowest BCUT2D eigenvalue weighted by Crippen LogP contribution is -2.31. The number of aromatic nitrogens is 2.